The highest BCUT2D eigenvalue weighted by atomic mass is 35.5. The minimum Gasteiger partial charge on any atom is -0.445 e. The molecular formula is C45H53ClN4O6. The number of hydrogen-bond donors (Lipinski definition) is 3. The van der Waals surface area contributed by atoms with Crippen molar-refractivity contribution in [1.29, 1.82) is 0 Å². The number of alkyl carbamates (subject to hydrolysis) is 2. The quantitative estimate of drug-likeness (QED) is 0.143. The van der Waals surface area contributed by atoms with Crippen molar-refractivity contribution < 1.29 is 28.6 Å². The second-order valence-electron chi connectivity index (χ2n) is 16.1. The van der Waals surface area contributed by atoms with Crippen LogP contribution in [0.15, 0.2) is 121 Å². The summed E-state index contributed by atoms with van der Waals surface area (Å²) in [5.74, 6) is 1.79. The second kappa shape index (κ2) is 17.4. The van der Waals surface area contributed by atoms with E-state index in [1.54, 1.807) is 4.90 Å². The predicted octanol–water partition coefficient (Wildman–Crippen LogP) is 7.47. The molecule has 4 aromatic rings. The first-order valence-corrected chi connectivity index (χ1v) is 19.3. The summed E-state index contributed by atoms with van der Waals surface area (Å²) >= 11 is 0. The molecular weight excluding hydrogens is 728 g/mol. The minimum absolute atomic E-state index is 0. The van der Waals surface area contributed by atoms with Gasteiger partial charge >= 0.3 is 18.3 Å². The third-order valence-electron chi connectivity index (χ3n) is 11.7. The van der Waals surface area contributed by atoms with Crippen molar-refractivity contribution in [2.45, 2.75) is 50.4 Å². The number of halogens is 1. The van der Waals surface area contributed by atoms with Crippen LogP contribution in [0, 0.1) is 23.7 Å². The first-order chi connectivity index (χ1) is 26.6. The molecule has 0 bridgehead atoms. The molecule has 8 rings (SSSR count). The number of hydrogen-bond acceptors (Lipinski definition) is 7. The number of nitrogens with zero attached hydrogens (tertiary/aromatic N) is 1. The highest BCUT2D eigenvalue weighted by Crippen LogP contribution is 2.63. The Kier molecular flexibility index (Phi) is 12.6. The molecule has 4 fully saturated rings. The molecule has 0 radical (unpaired) electrons. The van der Waals surface area contributed by atoms with Gasteiger partial charge in [0.25, 0.3) is 0 Å². The van der Waals surface area contributed by atoms with E-state index in [4.69, 9.17) is 14.2 Å². The van der Waals surface area contributed by atoms with Crippen LogP contribution >= 0.6 is 12.4 Å². The third kappa shape index (κ3) is 8.98. The molecule has 56 heavy (non-hydrogen) atoms. The Morgan fingerprint density at radius 1 is 0.625 bits per heavy atom. The minimum atomic E-state index is -0.509. The van der Waals surface area contributed by atoms with E-state index in [-0.39, 0.29) is 53.9 Å². The van der Waals surface area contributed by atoms with Crippen molar-refractivity contribution >= 4 is 30.7 Å². The average Bonchev–Trinajstić information content (AvgIpc) is 3.71. The number of carbonyl (C=O) groups is 3. The van der Waals surface area contributed by atoms with Crippen LogP contribution in [-0.2, 0) is 38.3 Å². The fraction of sp³-hybridized carbons (Fsp3) is 0.400. The van der Waals surface area contributed by atoms with Gasteiger partial charge in [0.2, 0.25) is 0 Å². The molecule has 2 unspecified atom stereocenters. The molecule has 2 aliphatic carbocycles. The Labute approximate surface area is 336 Å². The van der Waals surface area contributed by atoms with Crippen molar-refractivity contribution in [3.8, 4) is 0 Å². The van der Waals surface area contributed by atoms with Crippen molar-refractivity contribution in [1.82, 2.24) is 20.9 Å². The van der Waals surface area contributed by atoms with Crippen LogP contribution in [0.4, 0.5) is 14.4 Å². The van der Waals surface area contributed by atoms with Gasteiger partial charge in [0.1, 0.15) is 18.8 Å². The van der Waals surface area contributed by atoms with Crippen LogP contribution in [0.3, 0.4) is 0 Å². The lowest BCUT2D eigenvalue weighted by molar-refractivity contribution is 0.0260. The molecule has 2 saturated heterocycles. The Morgan fingerprint density at radius 2 is 1.00 bits per heavy atom. The number of ether oxygens (including phenoxy) is 3. The predicted molar refractivity (Wildman–Crippen MR) is 217 cm³/mol. The maximum absolute atomic E-state index is 12.5. The van der Waals surface area contributed by atoms with Crippen LogP contribution < -0.4 is 16.0 Å². The van der Waals surface area contributed by atoms with Crippen LogP contribution in [0.25, 0.3) is 0 Å². The molecule has 2 aliphatic heterocycles. The van der Waals surface area contributed by atoms with E-state index in [0.29, 0.717) is 44.6 Å². The number of piperidine rings is 2. The maximum atomic E-state index is 12.5. The van der Waals surface area contributed by atoms with Gasteiger partial charge in [-0.15, -0.1) is 12.4 Å². The molecule has 2 saturated carbocycles. The molecule has 6 atom stereocenters. The van der Waals surface area contributed by atoms with Crippen LogP contribution in [0.5, 0.6) is 0 Å². The number of nitrogens with one attached hydrogen (secondary N) is 3. The highest BCUT2D eigenvalue weighted by Gasteiger charge is 2.69. The lowest BCUT2D eigenvalue weighted by Gasteiger charge is -2.29. The Balaban J connectivity index is 0.000000192. The highest BCUT2D eigenvalue weighted by molar-refractivity contribution is 5.85. The first kappa shape index (κ1) is 40.6. The van der Waals surface area contributed by atoms with Crippen LogP contribution in [0.2, 0.25) is 0 Å². The largest absolute Gasteiger partial charge is 0.445 e. The Morgan fingerprint density at radius 3 is 1.39 bits per heavy atom. The summed E-state index contributed by atoms with van der Waals surface area (Å²) < 4.78 is 16.3. The van der Waals surface area contributed by atoms with Crippen molar-refractivity contribution in [2.75, 3.05) is 39.3 Å². The molecule has 296 valence electrons. The van der Waals surface area contributed by atoms with Gasteiger partial charge in [0.05, 0.1) is 0 Å². The lowest BCUT2D eigenvalue weighted by atomic mass is 9.90. The number of rotatable bonds is 10. The van der Waals surface area contributed by atoms with Crippen molar-refractivity contribution in [3.05, 3.63) is 144 Å². The van der Waals surface area contributed by atoms with Gasteiger partial charge in [-0.3, -0.25) is 0 Å². The molecule has 2 heterocycles. The Hall–Kier alpha value is -5.06. The van der Waals surface area contributed by atoms with Crippen LogP contribution in [-0.4, -0.2) is 68.0 Å². The van der Waals surface area contributed by atoms with Gasteiger partial charge in [-0.2, -0.15) is 0 Å². The monoisotopic (exact) mass is 780 g/mol. The average molecular weight is 781 g/mol. The first-order valence-electron chi connectivity index (χ1n) is 19.3. The second-order valence-corrected chi connectivity index (χ2v) is 16.1. The summed E-state index contributed by atoms with van der Waals surface area (Å²) in [6.07, 6.45) is -1.03. The number of fused-ring (bicyclic) bond motifs is 2. The lowest BCUT2D eigenvalue weighted by Crippen LogP contribution is -2.42. The fourth-order valence-electron chi connectivity index (χ4n) is 8.92. The van der Waals surface area contributed by atoms with E-state index >= 15 is 0 Å². The van der Waals surface area contributed by atoms with Gasteiger partial charge < -0.3 is 35.1 Å². The zero-order valence-electron chi connectivity index (χ0n) is 32.3. The molecule has 3 amide bonds. The Bertz CT molecular complexity index is 1890. The van der Waals surface area contributed by atoms with E-state index in [1.165, 1.54) is 11.1 Å². The normalized spacial score (nSPS) is 25.2. The molecule has 10 nitrogen and oxygen atoms in total. The molecule has 4 aliphatic rings. The van der Waals surface area contributed by atoms with E-state index in [2.05, 4.69) is 52.3 Å². The number of likely N-dealkylation sites (tertiary alicyclic amines) is 1. The molecule has 0 spiro atoms. The molecule has 11 heteroatoms. The number of carbonyl (C=O) groups excluding carboxylic acids is 3. The standard InChI is InChI=1S/C25H30N2O4.C20H22N2O2.ClH/c1-24(2,3)31-23(29)27-14-20-21(15-27)25(20,19-12-8-5-9-13-19)17-26-22(28)30-16-18-10-6-4-7-11-18;23-19(24-13-15-7-3-1-4-8-15)22-14-20(16-9-5-2-6-10-16)17-11-21-12-18(17)20;/h4-13,20-21H,14-17H2,1-3H3,(H,26,28);1-10,17-18,21H,11-14H2,(H,22,23);1H/t20-,21+,25?;17-,18+,20?;. The summed E-state index contributed by atoms with van der Waals surface area (Å²) in [5, 5.41) is 9.40. The van der Waals surface area contributed by atoms with Crippen molar-refractivity contribution in [3.63, 3.8) is 0 Å². The molecule has 3 N–H and O–H groups in total. The topological polar surface area (TPSA) is 118 Å². The van der Waals surface area contributed by atoms with E-state index in [1.807, 2.05) is 106 Å². The van der Waals surface area contributed by atoms with Gasteiger partial charge in [0.15, 0.2) is 0 Å². The van der Waals surface area contributed by atoms with Crippen LogP contribution in [0.1, 0.15) is 43.0 Å². The smallest absolute Gasteiger partial charge is 0.410 e. The summed E-state index contributed by atoms with van der Waals surface area (Å²) in [6.45, 7) is 10.6. The van der Waals surface area contributed by atoms with Gasteiger partial charge in [-0.25, -0.2) is 14.4 Å². The SMILES string of the molecule is CC(C)(C)OC(=O)N1C[C@@H]2[C@H](C1)C2(CNC(=O)OCc1ccccc1)c1ccccc1.Cl.O=C(NCC1(c2ccccc2)[C@@H]2CNC[C@@H]21)OCc1ccccc1. The van der Waals surface area contributed by atoms with E-state index < -0.39 is 11.7 Å². The summed E-state index contributed by atoms with van der Waals surface area (Å²) in [5.41, 5.74) is 3.85. The van der Waals surface area contributed by atoms with E-state index in [9.17, 15) is 14.4 Å². The molecule has 0 aromatic heterocycles. The summed E-state index contributed by atoms with van der Waals surface area (Å²) in [6, 6.07) is 40.1. The van der Waals surface area contributed by atoms with Gasteiger partial charge in [0, 0.05) is 37.0 Å². The zero-order chi connectivity index (χ0) is 38.5. The number of benzene rings is 4. The maximum Gasteiger partial charge on any atom is 0.410 e. The van der Waals surface area contributed by atoms with E-state index in [0.717, 1.165) is 24.2 Å². The summed E-state index contributed by atoms with van der Waals surface area (Å²) in [7, 11) is 0. The summed E-state index contributed by atoms with van der Waals surface area (Å²) in [4.78, 5) is 38.7. The third-order valence-corrected chi connectivity index (χ3v) is 11.7. The van der Waals surface area contributed by atoms with Gasteiger partial charge in [-0.1, -0.05) is 121 Å². The molecule has 4 aromatic carbocycles. The fourth-order valence-corrected chi connectivity index (χ4v) is 8.92. The zero-order valence-corrected chi connectivity index (χ0v) is 33.1. The number of amides is 3. The van der Waals surface area contributed by atoms with Crippen molar-refractivity contribution in [2.24, 2.45) is 23.7 Å². The van der Waals surface area contributed by atoms with Gasteiger partial charge in [-0.05, 0) is 79.8 Å².